The summed E-state index contributed by atoms with van der Waals surface area (Å²) < 4.78 is 0. The average molecular weight is 418 g/mol. The van der Waals surface area contributed by atoms with E-state index in [4.69, 9.17) is 9.97 Å². The molecule has 5 rings (SSSR count). The van der Waals surface area contributed by atoms with Crippen LogP contribution in [0.4, 0.5) is 17.5 Å². The maximum atomic E-state index is 4.86. The van der Waals surface area contributed by atoms with E-state index in [0.717, 1.165) is 65.0 Å². The topological polar surface area (TPSA) is 78.9 Å². The molecule has 0 amide bonds. The van der Waals surface area contributed by atoms with E-state index < -0.39 is 0 Å². The number of nitrogens with one attached hydrogen (secondary N) is 2. The summed E-state index contributed by atoms with van der Waals surface area (Å²) >= 11 is 1.66. The summed E-state index contributed by atoms with van der Waals surface area (Å²) in [6.07, 6.45) is 3.89. The Morgan fingerprint density at radius 2 is 2.07 bits per heavy atom. The Morgan fingerprint density at radius 1 is 1.13 bits per heavy atom. The van der Waals surface area contributed by atoms with E-state index in [1.807, 2.05) is 37.4 Å². The highest BCUT2D eigenvalue weighted by atomic mass is 32.1. The van der Waals surface area contributed by atoms with Crippen molar-refractivity contribution in [2.45, 2.75) is 18.9 Å². The number of aromatic nitrogens is 4. The zero-order valence-corrected chi connectivity index (χ0v) is 17.6. The van der Waals surface area contributed by atoms with E-state index >= 15 is 0 Å². The molecule has 0 saturated carbocycles. The molecule has 30 heavy (non-hydrogen) atoms. The molecule has 1 aromatic carbocycles. The molecular formula is C22H23N7S. The fourth-order valence-corrected chi connectivity index (χ4v) is 4.59. The highest BCUT2D eigenvalue weighted by Crippen LogP contribution is 2.29. The lowest BCUT2D eigenvalue weighted by molar-refractivity contribution is 0.689. The van der Waals surface area contributed by atoms with Crippen molar-refractivity contribution in [3.8, 4) is 10.7 Å². The maximum Gasteiger partial charge on any atom is 0.172 e. The summed E-state index contributed by atoms with van der Waals surface area (Å²) in [5, 5.41) is 9.80. The van der Waals surface area contributed by atoms with Crippen LogP contribution in [-0.4, -0.2) is 46.1 Å². The van der Waals surface area contributed by atoms with Crippen molar-refractivity contribution in [3.63, 3.8) is 0 Å². The van der Waals surface area contributed by atoms with E-state index in [0.29, 0.717) is 6.04 Å². The molecule has 152 valence electrons. The molecule has 1 aliphatic heterocycles. The Morgan fingerprint density at radius 3 is 2.93 bits per heavy atom. The van der Waals surface area contributed by atoms with E-state index in [1.54, 1.807) is 17.7 Å². The van der Waals surface area contributed by atoms with Gasteiger partial charge in [-0.15, -0.1) is 11.3 Å². The van der Waals surface area contributed by atoms with Gasteiger partial charge in [-0.25, -0.2) is 19.9 Å². The van der Waals surface area contributed by atoms with Gasteiger partial charge in [-0.3, -0.25) is 0 Å². The minimum absolute atomic E-state index is 0.350. The second kappa shape index (κ2) is 8.23. The van der Waals surface area contributed by atoms with Gasteiger partial charge in [0.15, 0.2) is 5.82 Å². The summed E-state index contributed by atoms with van der Waals surface area (Å²) in [6, 6.07) is 14.6. The molecule has 1 atom stereocenters. The van der Waals surface area contributed by atoms with Gasteiger partial charge in [0.2, 0.25) is 0 Å². The number of hydrogen-bond donors (Lipinski definition) is 2. The predicted octanol–water partition coefficient (Wildman–Crippen LogP) is 4.27. The Hall–Kier alpha value is -3.26. The van der Waals surface area contributed by atoms with Gasteiger partial charge in [-0.1, -0.05) is 18.2 Å². The van der Waals surface area contributed by atoms with Gasteiger partial charge >= 0.3 is 0 Å². The molecule has 1 unspecified atom stereocenters. The van der Waals surface area contributed by atoms with Crippen molar-refractivity contribution in [2.75, 3.05) is 35.7 Å². The van der Waals surface area contributed by atoms with Crippen LogP contribution in [0.15, 0.2) is 54.2 Å². The number of anilines is 3. The van der Waals surface area contributed by atoms with E-state index in [2.05, 4.69) is 43.0 Å². The highest BCUT2D eigenvalue weighted by molar-refractivity contribution is 7.13. The lowest BCUT2D eigenvalue weighted by Crippen LogP contribution is -2.35. The minimum Gasteiger partial charge on any atom is -0.373 e. The molecule has 0 bridgehead atoms. The first kappa shape index (κ1) is 18.7. The van der Waals surface area contributed by atoms with Gasteiger partial charge in [0, 0.05) is 37.6 Å². The third kappa shape index (κ3) is 3.66. The summed E-state index contributed by atoms with van der Waals surface area (Å²) in [4.78, 5) is 21.8. The quantitative estimate of drug-likeness (QED) is 0.485. The van der Waals surface area contributed by atoms with E-state index in [9.17, 15) is 0 Å². The Bertz CT molecular complexity index is 1150. The predicted molar refractivity (Wildman–Crippen MR) is 123 cm³/mol. The number of nitrogens with zero attached hydrogens (tertiary/aromatic N) is 5. The van der Waals surface area contributed by atoms with Gasteiger partial charge in [0.1, 0.15) is 23.8 Å². The van der Waals surface area contributed by atoms with Crippen LogP contribution in [0.3, 0.4) is 0 Å². The van der Waals surface area contributed by atoms with Crippen LogP contribution in [0.25, 0.3) is 21.6 Å². The standard InChI is InChI=1S/C22H23N7S/c1-23-19-12-20(26-14-25-19)29-10-4-6-15(29)13-24-21-16-7-2-3-8-17(16)27-22(28-21)18-9-5-11-30-18/h2-3,5,7-9,11-12,14-15H,4,6,10,13H2,1H3,(H,23,25,26)(H,24,27,28). The lowest BCUT2D eigenvalue weighted by atomic mass is 10.2. The molecule has 3 aromatic heterocycles. The van der Waals surface area contributed by atoms with Crippen LogP contribution in [0.2, 0.25) is 0 Å². The monoisotopic (exact) mass is 417 g/mol. The van der Waals surface area contributed by atoms with E-state index in [-0.39, 0.29) is 0 Å². The Kier molecular flexibility index (Phi) is 5.15. The number of para-hydroxylation sites is 1. The fourth-order valence-electron chi connectivity index (χ4n) is 3.93. The first-order valence-electron chi connectivity index (χ1n) is 10.1. The molecule has 2 N–H and O–H groups in total. The van der Waals surface area contributed by atoms with Gasteiger partial charge in [-0.2, -0.15) is 0 Å². The Balaban J connectivity index is 1.41. The first-order valence-corrected chi connectivity index (χ1v) is 11.0. The molecule has 1 aliphatic rings. The highest BCUT2D eigenvalue weighted by Gasteiger charge is 2.26. The molecule has 1 saturated heterocycles. The summed E-state index contributed by atoms with van der Waals surface area (Å²) in [5.74, 6) is 3.45. The molecule has 7 nitrogen and oxygen atoms in total. The zero-order chi connectivity index (χ0) is 20.3. The molecule has 0 spiro atoms. The van der Waals surface area contributed by atoms with Crippen LogP contribution in [0, 0.1) is 0 Å². The second-order valence-corrected chi connectivity index (χ2v) is 8.22. The minimum atomic E-state index is 0.350. The van der Waals surface area contributed by atoms with Crippen LogP contribution in [-0.2, 0) is 0 Å². The fraction of sp³-hybridized carbons (Fsp3) is 0.273. The van der Waals surface area contributed by atoms with Crippen molar-refractivity contribution >= 4 is 39.7 Å². The maximum absolute atomic E-state index is 4.86. The van der Waals surface area contributed by atoms with Gasteiger partial charge in [0.25, 0.3) is 0 Å². The van der Waals surface area contributed by atoms with Crippen molar-refractivity contribution < 1.29 is 0 Å². The Labute approximate surface area is 179 Å². The van der Waals surface area contributed by atoms with Crippen LogP contribution in [0.5, 0.6) is 0 Å². The summed E-state index contributed by atoms with van der Waals surface area (Å²) in [7, 11) is 1.88. The number of hydrogen-bond acceptors (Lipinski definition) is 8. The van der Waals surface area contributed by atoms with Crippen molar-refractivity contribution in [1.82, 2.24) is 19.9 Å². The van der Waals surface area contributed by atoms with Crippen molar-refractivity contribution in [1.29, 1.82) is 0 Å². The van der Waals surface area contributed by atoms with Crippen molar-refractivity contribution in [2.24, 2.45) is 0 Å². The zero-order valence-electron chi connectivity index (χ0n) is 16.7. The van der Waals surface area contributed by atoms with Crippen molar-refractivity contribution in [3.05, 3.63) is 54.2 Å². The van der Waals surface area contributed by atoms with Crippen LogP contribution in [0.1, 0.15) is 12.8 Å². The first-order chi connectivity index (χ1) is 14.8. The average Bonchev–Trinajstić information content (AvgIpc) is 3.49. The molecule has 8 heteroatoms. The molecule has 0 radical (unpaired) electrons. The lowest BCUT2D eigenvalue weighted by Gasteiger charge is -2.26. The third-order valence-electron chi connectivity index (χ3n) is 5.43. The van der Waals surface area contributed by atoms with Gasteiger partial charge < -0.3 is 15.5 Å². The molecule has 1 fully saturated rings. The molecule has 4 heterocycles. The normalized spacial score (nSPS) is 16.2. The molecular weight excluding hydrogens is 394 g/mol. The number of thiophene rings is 1. The second-order valence-electron chi connectivity index (χ2n) is 7.27. The van der Waals surface area contributed by atoms with Crippen LogP contribution < -0.4 is 15.5 Å². The SMILES string of the molecule is CNc1cc(N2CCCC2CNc2nc(-c3cccs3)nc3ccccc23)ncn1. The number of benzene rings is 1. The molecule has 4 aromatic rings. The molecule has 0 aliphatic carbocycles. The summed E-state index contributed by atoms with van der Waals surface area (Å²) in [5.41, 5.74) is 0.955. The number of rotatable bonds is 6. The summed E-state index contributed by atoms with van der Waals surface area (Å²) in [6.45, 7) is 1.79. The largest absolute Gasteiger partial charge is 0.373 e. The smallest absolute Gasteiger partial charge is 0.172 e. The third-order valence-corrected chi connectivity index (χ3v) is 6.30. The number of fused-ring (bicyclic) bond motifs is 1. The van der Waals surface area contributed by atoms with Gasteiger partial charge in [-0.05, 0) is 36.4 Å². The van der Waals surface area contributed by atoms with Crippen LogP contribution >= 0.6 is 11.3 Å². The van der Waals surface area contributed by atoms with E-state index in [1.165, 1.54) is 0 Å². The van der Waals surface area contributed by atoms with Gasteiger partial charge in [0.05, 0.1) is 10.4 Å².